The van der Waals surface area contributed by atoms with E-state index in [1.165, 1.54) is 18.4 Å². The van der Waals surface area contributed by atoms with Gasteiger partial charge < -0.3 is 19.5 Å². The maximum absolute atomic E-state index is 13.8. The van der Waals surface area contributed by atoms with Crippen molar-refractivity contribution in [3.8, 4) is 11.5 Å². The first-order chi connectivity index (χ1) is 15.9. The van der Waals surface area contributed by atoms with E-state index in [0.717, 1.165) is 56.0 Å². The first-order valence-electron chi connectivity index (χ1n) is 12.7. The molecule has 1 aromatic rings. The van der Waals surface area contributed by atoms with Gasteiger partial charge in [0.1, 0.15) is 0 Å². The van der Waals surface area contributed by atoms with Gasteiger partial charge in [0.15, 0.2) is 17.6 Å². The number of carbonyl (C=O) groups is 1. The van der Waals surface area contributed by atoms with E-state index >= 15 is 0 Å². The van der Waals surface area contributed by atoms with Crippen LogP contribution >= 0.6 is 0 Å². The Morgan fingerprint density at radius 3 is 2.88 bits per heavy atom. The van der Waals surface area contributed by atoms with Crippen molar-refractivity contribution in [2.24, 2.45) is 5.92 Å². The summed E-state index contributed by atoms with van der Waals surface area (Å²) in [6.45, 7) is 4.73. The topological polar surface area (TPSA) is 62.2 Å². The number of nitrogens with zero attached hydrogens (tertiary/aromatic N) is 2. The monoisotopic (exact) mass is 452 g/mol. The van der Waals surface area contributed by atoms with Crippen molar-refractivity contribution in [2.75, 3.05) is 33.8 Å². The minimum Gasteiger partial charge on any atom is -0.490 e. The molecular formula is C27H36N2O4. The highest BCUT2D eigenvalue weighted by Gasteiger charge is 2.74. The Morgan fingerprint density at radius 2 is 2.15 bits per heavy atom. The van der Waals surface area contributed by atoms with Gasteiger partial charge in [0.2, 0.25) is 5.78 Å². The van der Waals surface area contributed by atoms with E-state index < -0.39 is 17.1 Å². The number of hydrogen-bond donors (Lipinski definition) is 1. The van der Waals surface area contributed by atoms with E-state index in [1.807, 2.05) is 31.3 Å². The average molecular weight is 453 g/mol. The van der Waals surface area contributed by atoms with Gasteiger partial charge in [-0.05, 0) is 56.2 Å². The molecule has 6 nitrogen and oxygen atoms in total. The molecule has 4 atom stereocenters. The number of hydrogen-bond acceptors (Lipinski definition) is 6. The van der Waals surface area contributed by atoms with Gasteiger partial charge in [0.25, 0.3) is 0 Å². The molecule has 0 radical (unpaired) electrons. The number of rotatable bonds is 7. The van der Waals surface area contributed by atoms with E-state index in [9.17, 15) is 9.90 Å². The quantitative estimate of drug-likeness (QED) is 0.507. The van der Waals surface area contributed by atoms with Gasteiger partial charge in [-0.2, -0.15) is 0 Å². The fourth-order valence-electron chi connectivity index (χ4n) is 7.04. The predicted molar refractivity (Wildman–Crippen MR) is 126 cm³/mol. The van der Waals surface area contributed by atoms with E-state index in [-0.39, 0.29) is 11.8 Å². The fourth-order valence-corrected chi connectivity index (χ4v) is 7.04. The third-order valence-electron chi connectivity index (χ3n) is 8.68. The Bertz CT molecular complexity index is 1020. The van der Waals surface area contributed by atoms with Crippen LogP contribution in [0.1, 0.15) is 56.6 Å². The molecule has 3 aliphatic carbocycles. The summed E-state index contributed by atoms with van der Waals surface area (Å²) in [4.78, 5) is 18.2. The highest BCUT2D eigenvalue weighted by molar-refractivity contribution is 6.03. The lowest BCUT2D eigenvalue weighted by Gasteiger charge is -2.62. The Morgan fingerprint density at radius 1 is 1.33 bits per heavy atom. The summed E-state index contributed by atoms with van der Waals surface area (Å²) in [5.41, 5.74) is 1.24. The van der Waals surface area contributed by atoms with Gasteiger partial charge >= 0.3 is 0 Å². The number of ketones is 1. The molecule has 0 amide bonds. The number of Topliss-reactive ketones (excluding diaryl/α,β-unsaturated/α-hetero) is 1. The van der Waals surface area contributed by atoms with Crippen LogP contribution < -0.4 is 9.47 Å². The first kappa shape index (κ1) is 21.5. The second-order valence-corrected chi connectivity index (χ2v) is 11.1. The number of piperidine rings is 1. The molecule has 2 heterocycles. The number of carbonyl (C=O) groups excluding carboxylic acids is 1. The molecule has 1 spiro atoms. The summed E-state index contributed by atoms with van der Waals surface area (Å²) >= 11 is 0. The Labute approximate surface area is 196 Å². The van der Waals surface area contributed by atoms with E-state index in [0.29, 0.717) is 24.4 Å². The van der Waals surface area contributed by atoms with Crippen molar-refractivity contribution in [3.05, 3.63) is 35.0 Å². The number of aliphatic hydroxyl groups is 1. The third kappa shape index (κ3) is 2.96. The summed E-state index contributed by atoms with van der Waals surface area (Å²) in [6.07, 6.45) is 7.75. The van der Waals surface area contributed by atoms with Gasteiger partial charge in [-0.3, -0.25) is 9.69 Å². The van der Waals surface area contributed by atoms with Crippen molar-refractivity contribution in [1.82, 2.24) is 9.80 Å². The van der Waals surface area contributed by atoms with Crippen LogP contribution in [-0.2, 0) is 16.6 Å². The molecule has 1 saturated heterocycles. The largest absolute Gasteiger partial charge is 0.490 e. The lowest BCUT2D eigenvalue weighted by atomic mass is 9.48. The smallest absolute Gasteiger partial charge is 0.201 e. The van der Waals surface area contributed by atoms with Crippen LogP contribution in [0.25, 0.3) is 0 Å². The minimum atomic E-state index is -1.03. The zero-order valence-electron chi connectivity index (χ0n) is 20.1. The maximum atomic E-state index is 13.8. The second-order valence-electron chi connectivity index (χ2n) is 11.1. The molecule has 2 bridgehead atoms. The molecule has 2 aliphatic heterocycles. The molecule has 5 aliphatic rings. The van der Waals surface area contributed by atoms with Gasteiger partial charge in [-0.15, -0.1) is 0 Å². The number of likely N-dealkylation sites (tertiary alicyclic amines) is 1. The average Bonchev–Trinajstić information content (AvgIpc) is 3.51. The Balaban J connectivity index is 1.50. The van der Waals surface area contributed by atoms with Crippen molar-refractivity contribution in [1.29, 1.82) is 0 Å². The van der Waals surface area contributed by atoms with Crippen LogP contribution in [0, 0.1) is 5.92 Å². The van der Waals surface area contributed by atoms with Crippen LogP contribution in [0.4, 0.5) is 0 Å². The van der Waals surface area contributed by atoms with Crippen LogP contribution in [-0.4, -0.2) is 72.2 Å². The van der Waals surface area contributed by atoms with Crippen LogP contribution in [0.15, 0.2) is 23.9 Å². The van der Waals surface area contributed by atoms with E-state index in [4.69, 9.17) is 9.47 Å². The summed E-state index contributed by atoms with van der Waals surface area (Å²) < 4.78 is 12.7. The molecule has 6 heteroatoms. The second kappa shape index (κ2) is 7.47. The van der Waals surface area contributed by atoms with Gasteiger partial charge in [-0.25, -0.2) is 0 Å². The summed E-state index contributed by atoms with van der Waals surface area (Å²) in [5.74, 6) is 2.21. The zero-order valence-corrected chi connectivity index (χ0v) is 20.1. The van der Waals surface area contributed by atoms with Crippen molar-refractivity contribution >= 4 is 5.78 Å². The lowest BCUT2D eigenvalue weighted by molar-refractivity contribution is -0.180. The molecule has 3 fully saturated rings. The molecular weight excluding hydrogens is 416 g/mol. The maximum Gasteiger partial charge on any atom is 0.201 e. The van der Waals surface area contributed by atoms with Crippen molar-refractivity contribution in [3.63, 3.8) is 0 Å². The van der Waals surface area contributed by atoms with Crippen LogP contribution in [0.5, 0.6) is 11.5 Å². The Hall–Kier alpha value is -2.05. The number of benzene rings is 1. The number of unbranched alkanes of at least 4 members (excludes halogenated alkanes) is 1. The van der Waals surface area contributed by atoms with E-state index in [2.05, 4.69) is 17.9 Å². The molecule has 6 rings (SSSR count). The zero-order chi connectivity index (χ0) is 23.0. The lowest BCUT2D eigenvalue weighted by Crippen LogP contribution is -2.77. The summed E-state index contributed by atoms with van der Waals surface area (Å²) in [7, 11) is 3.86. The minimum absolute atomic E-state index is 0.00178. The standard InChI is InChI=1S/C27H36N2O4/c1-4-5-12-32-20-9-8-18-13-21-27(31)14-19(16-28(2)3)23(30)25-26(27,22(18)24(20)33-25)10-11-29(21)15-17-6-7-17/h8-9,16-17,21,25,31H,4-7,10-15H2,1-3H3/b19-16+/t21-,25+,26+,27-/m1/s1. The van der Waals surface area contributed by atoms with Crippen LogP contribution in [0.3, 0.4) is 0 Å². The molecule has 0 aromatic heterocycles. The summed E-state index contributed by atoms with van der Waals surface area (Å²) in [6, 6.07) is 4.18. The fraction of sp³-hybridized carbons (Fsp3) is 0.667. The molecule has 2 saturated carbocycles. The third-order valence-corrected chi connectivity index (χ3v) is 8.68. The van der Waals surface area contributed by atoms with Gasteiger partial charge in [0.05, 0.1) is 17.6 Å². The molecule has 33 heavy (non-hydrogen) atoms. The highest BCUT2D eigenvalue weighted by Crippen LogP contribution is 2.65. The van der Waals surface area contributed by atoms with Gasteiger partial charge in [0, 0.05) is 50.4 Å². The predicted octanol–water partition coefficient (Wildman–Crippen LogP) is 3.05. The molecule has 0 unspecified atom stereocenters. The van der Waals surface area contributed by atoms with E-state index in [1.54, 1.807) is 0 Å². The SMILES string of the molecule is CCCCOc1ccc2c3c1O[C@H]1C(=O)/C(=C/N(C)C)C[C@@]4(O)[C@@H](C2)N(CC2CC2)CC[C@]314. The Kier molecular flexibility index (Phi) is 4.87. The first-order valence-corrected chi connectivity index (χ1v) is 12.7. The summed E-state index contributed by atoms with van der Waals surface area (Å²) in [5, 5.41) is 12.6. The normalized spacial score (nSPS) is 35.4. The molecule has 1 N–H and O–H groups in total. The van der Waals surface area contributed by atoms with Gasteiger partial charge in [-0.1, -0.05) is 19.4 Å². The molecule has 1 aromatic carbocycles. The van der Waals surface area contributed by atoms with Crippen molar-refractivity contribution < 1.29 is 19.4 Å². The van der Waals surface area contributed by atoms with Crippen LogP contribution in [0.2, 0.25) is 0 Å². The molecule has 178 valence electrons. The highest BCUT2D eigenvalue weighted by atomic mass is 16.5. The number of ether oxygens (including phenoxy) is 2. The van der Waals surface area contributed by atoms with Crippen molar-refractivity contribution in [2.45, 2.75) is 75.0 Å².